The second kappa shape index (κ2) is 6.56. The molecule has 0 aliphatic carbocycles. The number of aryl methyl sites for hydroxylation is 1. The van der Waals surface area contributed by atoms with E-state index in [-0.39, 0.29) is 5.75 Å². The maximum atomic E-state index is 11.9. The van der Waals surface area contributed by atoms with E-state index in [1.165, 1.54) is 0 Å². The Morgan fingerprint density at radius 1 is 1.08 bits per heavy atom. The first-order chi connectivity index (χ1) is 11.5. The van der Waals surface area contributed by atoms with Crippen molar-refractivity contribution in [2.75, 3.05) is 10.5 Å². The quantitative estimate of drug-likeness (QED) is 0.742. The molecule has 0 spiro atoms. The standard InChI is InChI=1S/C16H19N5O2S/c1-3-4-11-24(22,23)20-14-7-5-13(6-8-14)15-9-10-16-18-17-12(2)21(16)19-15/h5-10,20H,3-4,11H2,1-2H3. The van der Waals surface area contributed by atoms with E-state index >= 15 is 0 Å². The molecule has 7 nitrogen and oxygen atoms in total. The largest absolute Gasteiger partial charge is 0.284 e. The molecule has 0 saturated carbocycles. The van der Waals surface area contributed by atoms with Crippen LogP contribution in [0.3, 0.4) is 0 Å². The van der Waals surface area contributed by atoms with E-state index in [1.807, 2.05) is 38.1 Å². The normalized spacial score (nSPS) is 11.8. The van der Waals surface area contributed by atoms with Gasteiger partial charge in [0.1, 0.15) is 0 Å². The summed E-state index contributed by atoms with van der Waals surface area (Å²) < 4.78 is 28.1. The molecule has 24 heavy (non-hydrogen) atoms. The second-order valence-corrected chi connectivity index (χ2v) is 7.43. The lowest BCUT2D eigenvalue weighted by Crippen LogP contribution is -2.16. The molecule has 2 aromatic heterocycles. The zero-order valence-corrected chi connectivity index (χ0v) is 14.4. The average molecular weight is 345 g/mol. The molecular formula is C16H19N5O2S. The number of nitrogens with one attached hydrogen (secondary N) is 1. The van der Waals surface area contributed by atoms with Gasteiger partial charge < -0.3 is 0 Å². The minimum Gasteiger partial charge on any atom is -0.284 e. The van der Waals surface area contributed by atoms with Crippen LogP contribution in [0.2, 0.25) is 0 Å². The van der Waals surface area contributed by atoms with Gasteiger partial charge in [-0.2, -0.15) is 9.61 Å². The zero-order chi connectivity index (χ0) is 17.2. The number of rotatable bonds is 6. The highest BCUT2D eigenvalue weighted by Gasteiger charge is 2.10. The van der Waals surface area contributed by atoms with Crippen molar-refractivity contribution in [1.29, 1.82) is 0 Å². The third-order valence-electron chi connectivity index (χ3n) is 3.64. The van der Waals surface area contributed by atoms with Gasteiger partial charge in [-0.25, -0.2) is 8.42 Å². The van der Waals surface area contributed by atoms with Crippen molar-refractivity contribution in [3.8, 4) is 11.3 Å². The van der Waals surface area contributed by atoms with Crippen molar-refractivity contribution >= 4 is 21.4 Å². The van der Waals surface area contributed by atoms with E-state index in [1.54, 1.807) is 16.6 Å². The fraction of sp³-hybridized carbons (Fsp3) is 0.312. The van der Waals surface area contributed by atoms with Crippen LogP contribution in [0.5, 0.6) is 0 Å². The highest BCUT2D eigenvalue weighted by atomic mass is 32.2. The predicted molar refractivity (Wildman–Crippen MR) is 93.3 cm³/mol. The van der Waals surface area contributed by atoms with Crippen molar-refractivity contribution < 1.29 is 8.42 Å². The van der Waals surface area contributed by atoms with Crippen LogP contribution in [0.25, 0.3) is 16.9 Å². The summed E-state index contributed by atoms with van der Waals surface area (Å²) in [6, 6.07) is 10.9. The summed E-state index contributed by atoms with van der Waals surface area (Å²) in [7, 11) is -3.29. The Bertz CT molecular complexity index is 948. The summed E-state index contributed by atoms with van der Waals surface area (Å²) in [6.07, 6.45) is 1.49. The Morgan fingerprint density at radius 2 is 1.83 bits per heavy atom. The van der Waals surface area contributed by atoms with Gasteiger partial charge in [-0.15, -0.1) is 10.2 Å². The van der Waals surface area contributed by atoms with E-state index in [4.69, 9.17) is 0 Å². The first-order valence-corrected chi connectivity index (χ1v) is 9.44. The molecule has 3 rings (SSSR count). The molecule has 0 aliphatic rings. The fourth-order valence-electron chi connectivity index (χ4n) is 2.32. The molecule has 2 heterocycles. The van der Waals surface area contributed by atoms with Crippen LogP contribution in [-0.4, -0.2) is 34.0 Å². The number of benzene rings is 1. The van der Waals surface area contributed by atoms with E-state index in [9.17, 15) is 8.42 Å². The van der Waals surface area contributed by atoms with Crippen LogP contribution >= 0.6 is 0 Å². The number of unbranched alkanes of at least 4 members (excludes halogenated alkanes) is 1. The first-order valence-electron chi connectivity index (χ1n) is 7.78. The van der Waals surface area contributed by atoms with E-state index in [0.29, 0.717) is 23.6 Å². The summed E-state index contributed by atoms with van der Waals surface area (Å²) >= 11 is 0. The van der Waals surface area contributed by atoms with Crippen LogP contribution in [0.1, 0.15) is 25.6 Å². The van der Waals surface area contributed by atoms with Crippen LogP contribution < -0.4 is 4.72 Å². The monoisotopic (exact) mass is 345 g/mol. The maximum absolute atomic E-state index is 11.9. The van der Waals surface area contributed by atoms with Gasteiger partial charge in [0, 0.05) is 11.3 Å². The predicted octanol–water partition coefficient (Wildman–Crippen LogP) is 2.64. The molecule has 8 heteroatoms. The van der Waals surface area contributed by atoms with Crippen LogP contribution in [0.15, 0.2) is 36.4 Å². The molecule has 0 atom stereocenters. The molecule has 0 radical (unpaired) electrons. The van der Waals surface area contributed by atoms with Gasteiger partial charge in [0.05, 0.1) is 11.4 Å². The Morgan fingerprint density at radius 3 is 2.54 bits per heavy atom. The van der Waals surface area contributed by atoms with E-state index in [0.717, 1.165) is 17.7 Å². The zero-order valence-electron chi connectivity index (χ0n) is 13.6. The number of nitrogens with zero attached hydrogens (tertiary/aromatic N) is 4. The highest BCUT2D eigenvalue weighted by Crippen LogP contribution is 2.20. The van der Waals surface area contributed by atoms with Gasteiger partial charge in [-0.05, 0) is 37.6 Å². The molecule has 3 aromatic rings. The third-order valence-corrected chi connectivity index (χ3v) is 5.01. The number of aromatic nitrogens is 4. The minimum absolute atomic E-state index is 0.135. The lowest BCUT2D eigenvalue weighted by atomic mass is 10.1. The molecule has 0 fully saturated rings. The Labute approximate surface area is 140 Å². The van der Waals surface area contributed by atoms with Crippen molar-refractivity contribution in [3.05, 3.63) is 42.2 Å². The SMILES string of the molecule is CCCCS(=O)(=O)Nc1ccc(-c2ccc3nnc(C)n3n2)cc1. The van der Waals surface area contributed by atoms with Crippen LogP contribution in [-0.2, 0) is 10.0 Å². The van der Waals surface area contributed by atoms with Gasteiger partial charge in [0.2, 0.25) is 10.0 Å². The minimum atomic E-state index is -3.29. The topological polar surface area (TPSA) is 89.2 Å². The van der Waals surface area contributed by atoms with Gasteiger partial charge in [-0.1, -0.05) is 25.5 Å². The molecular weight excluding hydrogens is 326 g/mol. The molecule has 1 aromatic carbocycles. The van der Waals surface area contributed by atoms with E-state index < -0.39 is 10.0 Å². The second-order valence-electron chi connectivity index (χ2n) is 5.59. The number of anilines is 1. The first kappa shape index (κ1) is 16.4. The molecule has 0 amide bonds. The molecule has 0 saturated heterocycles. The fourth-order valence-corrected chi connectivity index (χ4v) is 3.59. The van der Waals surface area contributed by atoms with Crippen LogP contribution in [0.4, 0.5) is 5.69 Å². The van der Waals surface area contributed by atoms with Crippen molar-refractivity contribution in [1.82, 2.24) is 19.8 Å². The van der Waals surface area contributed by atoms with Gasteiger partial charge in [0.25, 0.3) is 0 Å². The number of sulfonamides is 1. The summed E-state index contributed by atoms with van der Waals surface area (Å²) in [5.41, 5.74) is 2.90. The number of hydrogen-bond donors (Lipinski definition) is 1. The number of hydrogen-bond acceptors (Lipinski definition) is 5. The summed E-state index contributed by atoms with van der Waals surface area (Å²) in [5.74, 6) is 0.850. The van der Waals surface area contributed by atoms with Crippen LogP contribution in [0, 0.1) is 6.92 Å². The average Bonchev–Trinajstić information content (AvgIpc) is 2.94. The smallest absolute Gasteiger partial charge is 0.232 e. The van der Waals surface area contributed by atoms with Gasteiger partial charge >= 0.3 is 0 Å². The summed E-state index contributed by atoms with van der Waals surface area (Å²) in [5, 5.41) is 12.5. The Hall–Kier alpha value is -2.48. The van der Waals surface area contributed by atoms with Crippen molar-refractivity contribution in [3.63, 3.8) is 0 Å². The Kier molecular flexibility index (Phi) is 4.48. The van der Waals surface area contributed by atoms with Gasteiger partial charge in [0.15, 0.2) is 11.5 Å². The summed E-state index contributed by atoms with van der Waals surface area (Å²) in [4.78, 5) is 0. The highest BCUT2D eigenvalue weighted by molar-refractivity contribution is 7.92. The Balaban J connectivity index is 1.81. The third kappa shape index (κ3) is 3.53. The number of fused-ring (bicyclic) bond motifs is 1. The van der Waals surface area contributed by atoms with Crippen molar-refractivity contribution in [2.45, 2.75) is 26.7 Å². The van der Waals surface area contributed by atoms with Gasteiger partial charge in [-0.3, -0.25) is 4.72 Å². The van der Waals surface area contributed by atoms with E-state index in [2.05, 4.69) is 20.0 Å². The summed E-state index contributed by atoms with van der Waals surface area (Å²) in [6.45, 7) is 3.80. The lowest BCUT2D eigenvalue weighted by molar-refractivity contribution is 0.598. The maximum Gasteiger partial charge on any atom is 0.232 e. The van der Waals surface area contributed by atoms with Crippen molar-refractivity contribution in [2.24, 2.45) is 0 Å². The molecule has 1 N–H and O–H groups in total. The molecule has 0 aliphatic heterocycles. The molecule has 126 valence electrons. The molecule has 0 bridgehead atoms. The lowest BCUT2D eigenvalue weighted by Gasteiger charge is -2.08. The molecule has 0 unspecified atom stereocenters.